The largest absolute Gasteiger partial charge is 0.506 e. The molecular weight excluding hydrogens is 260 g/mol. The molecule has 1 fully saturated rings. The predicted molar refractivity (Wildman–Crippen MR) is 71.6 cm³/mol. The Morgan fingerprint density at radius 2 is 2.00 bits per heavy atom. The van der Waals surface area contributed by atoms with Gasteiger partial charge in [0.05, 0.1) is 13.7 Å². The number of aliphatic hydroxyl groups excluding tert-OH is 1. The van der Waals surface area contributed by atoms with Crippen LogP contribution >= 0.6 is 0 Å². The summed E-state index contributed by atoms with van der Waals surface area (Å²) in [4.78, 5) is 29.1. The Balaban J connectivity index is 2.08. The smallest absolute Gasteiger partial charge is 0.300 e. The third kappa shape index (κ3) is 1.69. The van der Waals surface area contributed by atoms with Crippen LogP contribution in [0.2, 0.25) is 0 Å². The standard InChI is InChI=1S/C14H12N2O4/c1-20-9-4-2-8(3-5-9)11(17)10-12(18)14(19)16-7-6-15-13(10)16/h2-5,17H,6-7H2,1H3/b11-10+. The minimum atomic E-state index is -0.711. The van der Waals surface area contributed by atoms with E-state index >= 15 is 0 Å². The number of aliphatic hydroxyl groups is 1. The molecule has 1 N–H and O–H groups in total. The Labute approximate surface area is 115 Å². The van der Waals surface area contributed by atoms with Gasteiger partial charge in [0.25, 0.3) is 5.78 Å². The normalized spacial score (nSPS) is 20.1. The van der Waals surface area contributed by atoms with Crippen molar-refractivity contribution in [2.24, 2.45) is 4.99 Å². The second kappa shape index (κ2) is 4.48. The zero-order chi connectivity index (χ0) is 14.3. The Kier molecular flexibility index (Phi) is 2.78. The number of ketones is 1. The van der Waals surface area contributed by atoms with Crippen LogP contribution < -0.4 is 4.74 Å². The fourth-order valence-corrected chi connectivity index (χ4v) is 2.30. The molecule has 1 aromatic carbocycles. The molecule has 20 heavy (non-hydrogen) atoms. The zero-order valence-electron chi connectivity index (χ0n) is 10.8. The number of methoxy groups -OCH3 is 1. The van der Waals surface area contributed by atoms with Crippen molar-refractivity contribution in [3.05, 3.63) is 35.4 Å². The monoisotopic (exact) mass is 272 g/mol. The van der Waals surface area contributed by atoms with Crippen LogP contribution in [0, 0.1) is 0 Å². The molecule has 0 unspecified atom stereocenters. The van der Waals surface area contributed by atoms with Crippen molar-refractivity contribution in [1.29, 1.82) is 0 Å². The Morgan fingerprint density at radius 3 is 2.65 bits per heavy atom. The molecule has 0 aromatic heterocycles. The number of carbonyl (C=O) groups is 2. The van der Waals surface area contributed by atoms with E-state index in [1.807, 2.05) is 0 Å². The molecule has 1 amide bonds. The lowest BCUT2D eigenvalue weighted by Gasteiger charge is -2.07. The summed E-state index contributed by atoms with van der Waals surface area (Å²) in [5.74, 6) is -0.657. The number of fused-ring (bicyclic) bond motifs is 1. The summed E-state index contributed by atoms with van der Waals surface area (Å²) in [7, 11) is 1.54. The zero-order valence-corrected chi connectivity index (χ0v) is 10.8. The van der Waals surface area contributed by atoms with Crippen LogP contribution in [0.25, 0.3) is 5.76 Å². The van der Waals surface area contributed by atoms with Crippen LogP contribution in [0.5, 0.6) is 5.75 Å². The highest BCUT2D eigenvalue weighted by molar-refractivity contribution is 6.59. The van der Waals surface area contributed by atoms with Crippen molar-refractivity contribution < 1.29 is 19.4 Å². The molecule has 102 valence electrons. The summed E-state index contributed by atoms with van der Waals surface area (Å²) in [5, 5.41) is 10.3. The van der Waals surface area contributed by atoms with Crippen LogP contribution in [-0.4, -0.2) is 47.7 Å². The topological polar surface area (TPSA) is 79.2 Å². The average molecular weight is 272 g/mol. The Hall–Kier alpha value is -2.63. The van der Waals surface area contributed by atoms with E-state index in [2.05, 4.69) is 4.99 Å². The first-order chi connectivity index (χ1) is 9.63. The highest BCUT2D eigenvalue weighted by Gasteiger charge is 2.44. The van der Waals surface area contributed by atoms with Gasteiger partial charge in [0.2, 0.25) is 0 Å². The van der Waals surface area contributed by atoms with Crippen LogP contribution in [0.15, 0.2) is 34.8 Å². The number of amidine groups is 1. The number of rotatable bonds is 2. The molecule has 2 aliphatic heterocycles. The molecule has 1 saturated heterocycles. The van der Waals surface area contributed by atoms with Gasteiger partial charge in [0.15, 0.2) is 0 Å². The maximum Gasteiger partial charge on any atom is 0.300 e. The Morgan fingerprint density at radius 1 is 1.30 bits per heavy atom. The molecular formula is C14H12N2O4. The summed E-state index contributed by atoms with van der Waals surface area (Å²) in [5.41, 5.74) is 0.427. The summed E-state index contributed by atoms with van der Waals surface area (Å²) in [6.07, 6.45) is 0. The van der Waals surface area contributed by atoms with Gasteiger partial charge in [-0.05, 0) is 24.3 Å². The van der Waals surface area contributed by atoms with E-state index in [4.69, 9.17) is 4.74 Å². The lowest BCUT2D eigenvalue weighted by atomic mass is 10.1. The number of Topliss-reactive ketones (excluding diaryl/α,β-unsaturated/α-hetero) is 1. The number of ether oxygens (including phenoxy) is 1. The van der Waals surface area contributed by atoms with Gasteiger partial charge in [0.1, 0.15) is 22.9 Å². The molecule has 1 aromatic rings. The number of carbonyl (C=O) groups excluding carboxylic acids is 2. The second-order valence-electron chi connectivity index (χ2n) is 4.44. The number of nitrogens with zero attached hydrogens (tertiary/aromatic N) is 2. The van der Waals surface area contributed by atoms with Crippen LogP contribution in [0.4, 0.5) is 0 Å². The van der Waals surface area contributed by atoms with E-state index in [1.54, 1.807) is 24.3 Å². The van der Waals surface area contributed by atoms with Crippen molar-refractivity contribution in [3.63, 3.8) is 0 Å². The molecule has 6 heteroatoms. The molecule has 0 atom stereocenters. The summed E-state index contributed by atoms with van der Waals surface area (Å²) in [6.45, 7) is 0.840. The minimum Gasteiger partial charge on any atom is -0.506 e. The first kappa shape index (κ1) is 12.4. The molecule has 0 aliphatic carbocycles. The average Bonchev–Trinajstić information content (AvgIpc) is 3.03. The van der Waals surface area contributed by atoms with Gasteiger partial charge in [-0.15, -0.1) is 0 Å². The third-order valence-electron chi connectivity index (χ3n) is 3.33. The molecule has 0 radical (unpaired) electrons. The quantitative estimate of drug-likeness (QED) is 0.490. The van der Waals surface area contributed by atoms with E-state index in [9.17, 15) is 14.7 Å². The van der Waals surface area contributed by atoms with Gasteiger partial charge in [-0.25, -0.2) is 0 Å². The first-order valence-corrected chi connectivity index (χ1v) is 6.12. The maximum atomic E-state index is 11.9. The highest BCUT2D eigenvalue weighted by atomic mass is 16.5. The lowest BCUT2D eigenvalue weighted by molar-refractivity contribution is -0.138. The molecule has 3 rings (SSSR count). The van der Waals surface area contributed by atoms with Crippen LogP contribution in [-0.2, 0) is 9.59 Å². The highest BCUT2D eigenvalue weighted by Crippen LogP contribution is 2.27. The van der Waals surface area contributed by atoms with Gasteiger partial charge in [0, 0.05) is 12.1 Å². The fourth-order valence-electron chi connectivity index (χ4n) is 2.30. The van der Waals surface area contributed by atoms with E-state index in [-0.39, 0.29) is 17.2 Å². The molecule has 2 aliphatic rings. The summed E-state index contributed by atoms with van der Waals surface area (Å²) in [6, 6.07) is 6.58. The maximum absolute atomic E-state index is 11.9. The van der Waals surface area contributed by atoms with Gasteiger partial charge in [-0.1, -0.05) is 0 Å². The molecule has 6 nitrogen and oxygen atoms in total. The summed E-state index contributed by atoms with van der Waals surface area (Å²) >= 11 is 0. The van der Waals surface area contributed by atoms with Gasteiger partial charge >= 0.3 is 5.91 Å². The van der Waals surface area contributed by atoms with Crippen molar-refractivity contribution >= 4 is 23.3 Å². The number of aliphatic imine (C=N–C) groups is 1. The van der Waals surface area contributed by atoms with E-state index < -0.39 is 11.7 Å². The fraction of sp³-hybridized carbons (Fsp3) is 0.214. The van der Waals surface area contributed by atoms with Crippen LogP contribution in [0.3, 0.4) is 0 Å². The number of amides is 1. The molecule has 0 saturated carbocycles. The Bertz CT molecular complexity index is 658. The van der Waals surface area contributed by atoms with Gasteiger partial charge in [-0.3, -0.25) is 19.5 Å². The lowest BCUT2D eigenvalue weighted by Crippen LogP contribution is -2.28. The van der Waals surface area contributed by atoms with Crippen molar-refractivity contribution in [2.45, 2.75) is 0 Å². The number of benzene rings is 1. The number of hydrogen-bond acceptors (Lipinski definition) is 5. The third-order valence-corrected chi connectivity index (χ3v) is 3.33. The van der Waals surface area contributed by atoms with Crippen molar-refractivity contribution in [1.82, 2.24) is 4.90 Å². The summed E-state index contributed by atoms with van der Waals surface area (Å²) < 4.78 is 5.03. The second-order valence-corrected chi connectivity index (χ2v) is 4.44. The number of hydrogen-bond donors (Lipinski definition) is 1. The van der Waals surface area contributed by atoms with Crippen LogP contribution in [0.1, 0.15) is 5.56 Å². The van der Waals surface area contributed by atoms with E-state index in [1.165, 1.54) is 12.0 Å². The first-order valence-electron chi connectivity index (χ1n) is 6.12. The molecule has 0 bridgehead atoms. The van der Waals surface area contributed by atoms with Gasteiger partial charge in [-0.2, -0.15) is 0 Å². The SMILES string of the molecule is COc1ccc(/C(O)=C2/C(=O)C(=O)N3CCN=C23)cc1. The molecule has 2 heterocycles. The molecule has 0 spiro atoms. The van der Waals surface area contributed by atoms with Crippen molar-refractivity contribution in [2.75, 3.05) is 20.2 Å². The van der Waals surface area contributed by atoms with Gasteiger partial charge < -0.3 is 9.84 Å². The minimum absolute atomic E-state index is 0.0160. The van der Waals surface area contributed by atoms with E-state index in [0.717, 1.165) is 0 Å². The predicted octanol–water partition coefficient (Wildman–Crippen LogP) is 0.788. The van der Waals surface area contributed by atoms with Crippen molar-refractivity contribution in [3.8, 4) is 5.75 Å². The van der Waals surface area contributed by atoms with E-state index in [0.29, 0.717) is 24.4 Å².